The summed E-state index contributed by atoms with van der Waals surface area (Å²) in [5, 5.41) is 2.88. The molecule has 0 aliphatic carbocycles. The summed E-state index contributed by atoms with van der Waals surface area (Å²) in [5.74, 6) is -0.907. The van der Waals surface area contributed by atoms with E-state index in [4.69, 9.17) is 23.2 Å². The van der Waals surface area contributed by atoms with Gasteiger partial charge in [0.2, 0.25) is 5.91 Å². The molecule has 2 heterocycles. The van der Waals surface area contributed by atoms with E-state index >= 15 is 0 Å². The van der Waals surface area contributed by atoms with E-state index in [1.165, 1.54) is 19.2 Å². The smallest absolute Gasteiger partial charge is 0.417 e. The summed E-state index contributed by atoms with van der Waals surface area (Å²) in [4.78, 5) is 30.0. The van der Waals surface area contributed by atoms with Crippen LogP contribution in [-0.4, -0.2) is 37.1 Å². The monoisotopic (exact) mass is 475 g/mol. The summed E-state index contributed by atoms with van der Waals surface area (Å²) >= 11 is 12.0. The van der Waals surface area contributed by atoms with E-state index in [2.05, 4.69) is 15.0 Å². The first-order valence-corrected chi connectivity index (χ1v) is 10.0. The van der Waals surface area contributed by atoms with Gasteiger partial charge in [0.25, 0.3) is 0 Å². The second-order valence-corrected chi connectivity index (χ2v) is 7.78. The van der Waals surface area contributed by atoms with Gasteiger partial charge in [-0.1, -0.05) is 23.2 Å². The van der Waals surface area contributed by atoms with Gasteiger partial charge in [0.1, 0.15) is 5.82 Å². The number of halogens is 5. The maximum absolute atomic E-state index is 12.8. The number of alkyl halides is 3. The van der Waals surface area contributed by atoms with Gasteiger partial charge in [0.15, 0.2) is 0 Å². The Kier molecular flexibility index (Phi) is 6.96. The van der Waals surface area contributed by atoms with Crippen molar-refractivity contribution >= 4 is 46.6 Å². The number of rotatable bonds is 4. The van der Waals surface area contributed by atoms with Crippen LogP contribution in [0.2, 0.25) is 10.0 Å². The Morgan fingerprint density at radius 2 is 1.84 bits per heavy atom. The lowest BCUT2D eigenvalue weighted by atomic mass is 9.95. The SMILES string of the molecule is COC(=O)c1cc(NC(=O)C2CCN(c3ncc(C(F)(F)F)cc3Cl)CC2)ccc1Cl. The van der Waals surface area contributed by atoms with Crippen molar-refractivity contribution in [1.82, 2.24) is 4.98 Å². The number of pyridine rings is 1. The zero-order chi connectivity index (χ0) is 22.8. The number of ether oxygens (including phenoxy) is 1. The number of nitrogens with zero attached hydrogens (tertiary/aromatic N) is 2. The fourth-order valence-electron chi connectivity index (χ4n) is 3.29. The average Bonchev–Trinajstić information content (AvgIpc) is 2.74. The van der Waals surface area contributed by atoms with Gasteiger partial charge >= 0.3 is 12.1 Å². The average molecular weight is 476 g/mol. The fraction of sp³-hybridized carbons (Fsp3) is 0.350. The van der Waals surface area contributed by atoms with Gasteiger partial charge in [-0.15, -0.1) is 0 Å². The molecule has 2 aromatic rings. The molecule has 3 rings (SSSR count). The molecule has 0 radical (unpaired) electrons. The summed E-state index contributed by atoms with van der Waals surface area (Å²) in [5.41, 5.74) is -0.366. The second-order valence-electron chi connectivity index (χ2n) is 6.96. The molecule has 6 nitrogen and oxygen atoms in total. The van der Waals surface area contributed by atoms with Gasteiger partial charge in [0, 0.05) is 30.9 Å². The molecule has 1 aromatic carbocycles. The van der Waals surface area contributed by atoms with Crippen LogP contribution in [0.3, 0.4) is 0 Å². The largest absolute Gasteiger partial charge is 0.465 e. The summed E-state index contributed by atoms with van der Waals surface area (Å²) in [6, 6.07) is 5.35. The van der Waals surface area contributed by atoms with Gasteiger partial charge in [-0.05, 0) is 37.1 Å². The normalized spacial score (nSPS) is 15.0. The van der Waals surface area contributed by atoms with Crippen LogP contribution in [0.5, 0.6) is 0 Å². The lowest BCUT2D eigenvalue weighted by Crippen LogP contribution is -2.38. The van der Waals surface area contributed by atoms with Gasteiger partial charge in [0.05, 0.1) is 28.3 Å². The molecule has 0 atom stereocenters. The number of carbonyl (C=O) groups is 2. The first-order chi connectivity index (χ1) is 14.6. The number of methoxy groups -OCH3 is 1. The highest BCUT2D eigenvalue weighted by molar-refractivity contribution is 6.33. The molecule has 0 bridgehead atoms. The standard InChI is InChI=1S/C20H18Cl2F3N3O3/c1-31-19(30)14-9-13(2-3-15(14)21)27-18(29)11-4-6-28(7-5-11)17-16(22)8-12(10-26-17)20(23,24)25/h2-3,8-11H,4-7H2,1H3,(H,27,29). The molecule has 0 unspecified atom stereocenters. The second kappa shape index (κ2) is 9.32. The molecular formula is C20H18Cl2F3N3O3. The Balaban J connectivity index is 1.62. The van der Waals surface area contributed by atoms with E-state index in [0.29, 0.717) is 31.6 Å². The number of esters is 1. The number of anilines is 2. The van der Waals surface area contributed by atoms with Crippen molar-refractivity contribution < 1.29 is 27.5 Å². The van der Waals surface area contributed by atoms with Gasteiger partial charge in [-0.25, -0.2) is 9.78 Å². The quantitative estimate of drug-likeness (QED) is 0.626. The molecule has 11 heteroatoms. The number of piperidine rings is 1. The topological polar surface area (TPSA) is 71.5 Å². The Bertz CT molecular complexity index is 993. The van der Waals surface area contributed by atoms with Crippen molar-refractivity contribution in [3.05, 3.63) is 51.6 Å². The number of nitrogens with one attached hydrogen (secondary N) is 1. The van der Waals surface area contributed by atoms with Crippen molar-refractivity contribution in [1.29, 1.82) is 0 Å². The molecule has 1 N–H and O–H groups in total. The minimum atomic E-state index is -4.52. The molecule has 0 spiro atoms. The zero-order valence-electron chi connectivity index (χ0n) is 16.3. The minimum Gasteiger partial charge on any atom is -0.465 e. The van der Waals surface area contributed by atoms with E-state index in [1.54, 1.807) is 11.0 Å². The van der Waals surface area contributed by atoms with Crippen LogP contribution in [-0.2, 0) is 15.7 Å². The van der Waals surface area contributed by atoms with Crippen molar-refractivity contribution in [2.24, 2.45) is 5.92 Å². The summed E-state index contributed by atoms with van der Waals surface area (Å²) in [6.45, 7) is 0.814. The third-order valence-corrected chi connectivity index (χ3v) is 5.56. The molecule has 0 saturated carbocycles. The molecular weight excluding hydrogens is 458 g/mol. The van der Waals surface area contributed by atoms with E-state index < -0.39 is 17.7 Å². The predicted molar refractivity (Wildman–Crippen MR) is 111 cm³/mol. The third-order valence-electron chi connectivity index (χ3n) is 4.95. The fourth-order valence-corrected chi connectivity index (χ4v) is 3.77. The number of hydrogen-bond acceptors (Lipinski definition) is 5. The first-order valence-electron chi connectivity index (χ1n) is 9.26. The molecule has 1 aliphatic rings. The van der Waals surface area contributed by atoms with E-state index in [9.17, 15) is 22.8 Å². The summed E-state index contributed by atoms with van der Waals surface area (Å²) in [6.07, 6.45) is -2.85. The minimum absolute atomic E-state index is 0.0887. The Labute approximate surface area is 186 Å². The third kappa shape index (κ3) is 5.40. The maximum Gasteiger partial charge on any atom is 0.417 e. The van der Waals surface area contributed by atoms with Gasteiger partial charge in [-0.3, -0.25) is 4.79 Å². The molecule has 1 fully saturated rings. The van der Waals surface area contributed by atoms with Crippen molar-refractivity contribution in [2.75, 3.05) is 30.4 Å². The van der Waals surface area contributed by atoms with Gasteiger partial charge in [-0.2, -0.15) is 13.2 Å². The lowest BCUT2D eigenvalue weighted by Gasteiger charge is -2.32. The lowest BCUT2D eigenvalue weighted by molar-refractivity contribution is -0.137. The molecule has 1 saturated heterocycles. The van der Waals surface area contributed by atoms with Crippen LogP contribution in [0.1, 0.15) is 28.8 Å². The van der Waals surface area contributed by atoms with E-state index in [1.807, 2.05) is 0 Å². The highest BCUT2D eigenvalue weighted by Gasteiger charge is 2.33. The Morgan fingerprint density at radius 3 is 2.42 bits per heavy atom. The van der Waals surface area contributed by atoms with Gasteiger partial charge < -0.3 is 15.0 Å². The molecule has 1 aliphatic heterocycles. The van der Waals surface area contributed by atoms with E-state index in [-0.39, 0.29) is 33.3 Å². The van der Waals surface area contributed by atoms with Crippen molar-refractivity contribution in [2.45, 2.75) is 19.0 Å². The van der Waals surface area contributed by atoms with Crippen LogP contribution in [0.25, 0.3) is 0 Å². The van der Waals surface area contributed by atoms with Crippen LogP contribution in [0.4, 0.5) is 24.7 Å². The number of benzene rings is 1. The van der Waals surface area contributed by atoms with Crippen molar-refractivity contribution in [3.8, 4) is 0 Å². The number of hydrogen-bond donors (Lipinski definition) is 1. The molecule has 166 valence electrons. The summed E-state index contributed by atoms with van der Waals surface area (Å²) in [7, 11) is 1.23. The molecule has 1 aromatic heterocycles. The van der Waals surface area contributed by atoms with E-state index in [0.717, 1.165) is 12.3 Å². The van der Waals surface area contributed by atoms with Crippen LogP contribution in [0.15, 0.2) is 30.5 Å². The van der Waals surface area contributed by atoms with Crippen LogP contribution >= 0.6 is 23.2 Å². The Morgan fingerprint density at radius 1 is 1.16 bits per heavy atom. The number of carbonyl (C=O) groups excluding carboxylic acids is 2. The summed E-state index contributed by atoms with van der Waals surface area (Å²) < 4.78 is 43.0. The first kappa shape index (κ1) is 23.1. The van der Waals surface area contributed by atoms with Crippen molar-refractivity contribution in [3.63, 3.8) is 0 Å². The number of aromatic nitrogens is 1. The zero-order valence-corrected chi connectivity index (χ0v) is 17.8. The molecule has 31 heavy (non-hydrogen) atoms. The highest BCUT2D eigenvalue weighted by atomic mass is 35.5. The maximum atomic E-state index is 12.8. The predicted octanol–water partition coefficient (Wildman–Crippen LogP) is 5.05. The Hall–Kier alpha value is -2.52. The number of amides is 1. The molecule has 1 amide bonds. The van der Waals surface area contributed by atoms with Crippen LogP contribution < -0.4 is 10.2 Å². The van der Waals surface area contributed by atoms with Crippen LogP contribution in [0, 0.1) is 5.92 Å². The highest BCUT2D eigenvalue weighted by Crippen LogP contribution is 2.35.